The molecule has 0 saturated carbocycles. The topological polar surface area (TPSA) is 34.9 Å². The molecule has 0 spiro atoms. The maximum atomic E-state index is 12.5. The lowest BCUT2D eigenvalue weighted by molar-refractivity contribution is 0.748. The fraction of sp³-hybridized carbons (Fsp3) is 0.0667. The fourth-order valence-corrected chi connectivity index (χ4v) is 3.01. The molecule has 0 aliphatic heterocycles. The molecule has 0 aliphatic rings. The van der Waals surface area contributed by atoms with E-state index in [2.05, 4.69) is 4.98 Å². The molecule has 0 amide bonds. The van der Waals surface area contributed by atoms with E-state index in [0.29, 0.717) is 37.5 Å². The zero-order valence-corrected chi connectivity index (χ0v) is 14.0. The second-order valence-electron chi connectivity index (χ2n) is 4.71. The molecule has 22 heavy (non-hydrogen) atoms. The van der Waals surface area contributed by atoms with E-state index in [1.165, 1.54) is 10.9 Å². The first-order chi connectivity index (χ1) is 10.5. The molecule has 7 heteroatoms. The fourth-order valence-electron chi connectivity index (χ4n) is 2.14. The third-order valence-electron chi connectivity index (χ3n) is 3.18. The van der Waals surface area contributed by atoms with Gasteiger partial charge in [-0.2, -0.15) is 0 Å². The summed E-state index contributed by atoms with van der Waals surface area (Å²) in [5.41, 5.74) is 1.05. The summed E-state index contributed by atoms with van der Waals surface area (Å²) in [5, 5.41) is 2.02. The average molecular weight is 374 g/mol. The molecule has 2 aromatic carbocycles. The first-order valence-electron chi connectivity index (χ1n) is 6.24. The summed E-state index contributed by atoms with van der Waals surface area (Å²) in [7, 11) is 0. The van der Waals surface area contributed by atoms with Crippen molar-refractivity contribution < 1.29 is 0 Å². The van der Waals surface area contributed by atoms with Crippen LogP contribution in [0.5, 0.6) is 0 Å². The largest absolute Gasteiger partial charge is 0.294 e. The average Bonchev–Trinajstić information content (AvgIpc) is 2.46. The monoisotopic (exact) mass is 372 g/mol. The van der Waals surface area contributed by atoms with Gasteiger partial charge in [0.25, 0.3) is 5.56 Å². The highest BCUT2D eigenvalue weighted by atomic mass is 35.5. The predicted molar refractivity (Wildman–Crippen MR) is 91.6 cm³/mol. The molecule has 0 bridgehead atoms. The van der Waals surface area contributed by atoms with Crippen molar-refractivity contribution in [3.63, 3.8) is 0 Å². The van der Waals surface area contributed by atoms with Gasteiger partial charge in [0.2, 0.25) is 0 Å². The van der Waals surface area contributed by atoms with Gasteiger partial charge in [-0.3, -0.25) is 9.36 Å². The van der Waals surface area contributed by atoms with E-state index in [4.69, 9.17) is 46.4 Å². The second kappa shape index (κ2) is 6.09. The molecule has 0 N–H and O–H groups in total. The van der Waals surface area contributed by atoms with E-state index >= 15 is 0 Å². The molecule has 3 nitrogen and oxygen atoms in total. The van der Waals surface area contributed by atoms with Gasteiger partial charge in [-0.25, -0.2) is 4.98 Å². The van der Waals surface area contributed by atoms with E-state index in [1.807, 2.05) is 0 Å². The Kier molecular flexibility index (Phi) is 4.33. The lowest BCUT2D eigenvalue weighted by Crippen LogP contribution is -2.21. The van der Waals surface area contributed by atoms with Crippen LogP contribution in [0, 0.1) is 0 Å². The van der Waals surface area contributed by atoms with Crippen LogP contribution in [-0.4, -0.2) is 9.55 Å². The van der Waals surface area contributed by atoms with Crippen molar-refractivity contribution in [2.75, 3.05) is 0 Å². The molecule has 1 aromatic heterocycles. The highest BCUT2D eigenvalue weighted by Crippen LogP contribution is 2.25. The van der Waals surface area contributed by atoms with E-state index in [9.17, 15) is 4.79 Å². The Morgan fingerprint density at radius 3 is 2.45 bits per heavy atom. The van der Waals surface area contributed by atoms with Gasteiger partial charge >= 0.3 is 0 Å². The molecule has 3 rings (SSSR count). The molecule has 1 heterocycles. The zero-order valence-electron chi connectivity index (χ0n) is 11.0. The summed E-state index contributed by atoms with van der Waals surface area (Å²) in [6.07, 6.45) is 1.45. The predicted octanol–water partition coefficient (Wildman–Crippen LogP) is 5.06. The minimum absolute atomic E-state index is 0.222. The summed E-state index contributed by atoms with van der Waals surface area (Å²) in [6, 6.07) is 8.32. The van der Waals surface area contributed by atoms with Gasteiger partial charge in [0.05, 0.1) is 38.8 Å². The minimum atomic E-state index is -0.222. The van der Waals surface area contributed by atoms with Crippen molar-refractivity contribution in [3.8, 4) is 0 Å². The van der Waals surface area contributed by atoms with E-state index < -0.39 is 0 Å². The van der Waals surface area contributed by atoms with Crippen LogP contribution in [0.2, 0.25) is 20.1 Å². The Labute approximate surface area is 146 Å². The van der Waals surface area contributed by atoms with Crippen LogP contribution in [-0.2, 0) is 6.54 Å². The van der Waals surface area contributed by atoms with E-state index in [1.54, 1.807) is 30.3 Å². The Hall–Kier alpha value is -1.26. The van der Waals surface area contributed by atoms with Crippen molar-refractivity contribution in [1.82, 2.24) is 9.55 Å². The molecule has 112 valence electrons. The van der Waals surface area contributed by atoms with Gasteiger partial charge in [0, 0.05) is 5.02 Å². The second-order valence-corrected chi connectivity index (χ2v) is 6.37. The van der Waals surface area contributed by atoms with Gasteiger partial charge < -0.3 is 0 Å². The molecule has 0 atom stereocenters. The SMILES string of the molecule is O=c1c2cc(Cl)cc(Cl)c2ncn1Cc1ccc(Cl)c(Cl)c1. The quantitative estimate of drug-likeness (QED) is 0.629. The normalized spacial score (nSPS) is 11.1. The summed E-state index contributed by atoms with van der Waals surface area (Å²) >= 11 is 23.9. The van der Waals surface area contributed by atoms with Crippen LogP contribution in [0.15, 0.2) is 41.5 Å². The summed E-state index contributed by atoms with van der Waals surface area (Å²) in [6.45, 7) is 0.322. The Balaban J connectivity index is 2.10. The first kappa shape index (κ1) is 15.6. The summed E-state index contributed by atoms with van der Waals surface area (Å²) in [4.78, 5) is 16.8. The highest BCUT2D eigenvalue weighted by molar-refractivity contribution is 6.42. The number of hydrogen-bond donors (Lipinski definition) is 0. The van der Waals surface area contributed by atoms with Crippen molar-refractivity contribution in [1.29, 1.82) is 0 Å². The lowest BCUT2D eigenvalue weighted by atomic mass is 10.2. The van der Waals surface area contributed by atoms with Crippen LogP contribution < -0.4 is 5.56 Å². The third-order valence-corrected chi connectivity index (χ3v) is 4.43. The standard InChI is InChI=1S/C15H8Cl4N2O/c16-9-4-10-14(13(19)5-9)20-7-21(15(10)22)6-8-1-2-11(17)12(18)3-8/h1-5,7H,6H2. The van der Waals surface area contributed by atoms with Crippen LogP contribution in [0.1, 0.15) is 5.56 Å². The molecular weight excluding hydrogens is 366 g/mol. The lowest BCUT2D eigenvalue weighted by Gasteiger charge is -2.08. The number of nitrogens with zero attached hydrogens (tertiary/aromatic N) is 2. The van der Waals surface area contributed by atoms with Gasteiger partial charge in [-0.05, 0) is 29.8 Å². The molecule has 0 radical (unpaired) electrons. The number of aromatic nitrogens is 2. The summed E-state index contributed by atoms with van der Waals surface area (Å²) in [5.74, 6) is 0. The third kappa shape index (κ3) is 2.95. The number of fused-ring (bicyclic) bond motifs is 1. The molecular formula is C15H8Cl4N2O. The highest BCUT2D eigenvalue weighted by Gasteiger charge is 2.10. The van der Waals surface area contributed by atoms with Crippen molar-refractivity contribution in [2.45, 2.75) is 6.54 Å². The Morgan fingerprint density at radius 1 is 0.955 bits per heavy atom. The van der Waals surface area contributed by atoms with E-state index in [-0.39, 0.29) is 5.56 Å². The number of halogens is 4. The van der Waals surface area contributed by atoms with Crippen molar-refractivity contribution in [2.24, 2.45) is 0 Å². The summed E-state index contributed by atoms with van der Waals surface area (Å²) < 4.78 is 1.47. The maximum absolute atomic E-state index is 12.5. The van der Waals surface area contributed by atoms with Crippen LogP contribution in [0.3, 0.4) is 0 Å². The Morgan fingerprint density at radius 2 is 1.73 bits per heavy atom. The molecule has 0 aliphatic carbocycles. The number of benzene rings is 2. The molecule has 3 aromatic rings. The number of hydrogen-bond acceptors (Lipinski definition) is 2. The Bertz CT molecular complexity index is 937. The van der Waals surface area contributed by atoms with Gasteiger partial charge in [0.1, 0.15) is 0 Å². The van der Waals surface area contributed by atoms with Crippen LogP contribution in [0.25, 0.3) is 10.9 Å². The van der Waals surface area contributed by atoms with Crippen LogP contribution >= 0.6 is 46.4 Å². The molecule has 0 saturated heterocycles. The van der Waals surface area contributed by atoms with Gasteiger partial charge in [-0.15, -0.1) is 0 Å². The zero-order chi connectivity index (χ0) is 15.9. The molecule has 0 unspecified atom stereocenters. The van der Waals surface area contributed by atoms with E-state index in [0.717, 1.165) is 5.56 Å². The van der Waals surface area contributed by atoms with Crippen molar-refractivity contribution in [3.05, 3.63) is 72.7 Å². The van der Waals surface area contributed by atoms with Crippen molar-refractivity contribution >= 4 is 57.3 Å². The minimum Gasteiger partial charge on any atom is -0.294 e. The van der Waals surface area contributed by atoms with Gasteiger partial charge in [-0.1, -0.05) is 52.5 Å². The molecule has 0 fully saturated rings. The smallest absolute Gasteiger partial charge is 0.261 e. The van der Waals surface area contributed by atoms with Crippen LogP contribution in [0.4, 0.5) is 0 Å². The van der Waals surface area contributed by atoms with Gasteiger partial charge in [0.15, 0.2) is 0 Å². The first-order valence-corrected chi connectivity index (χ1v) is 7.75. The maximum Gasteiger partial charge on any atom is 0.261 e. The number of rotatable bonds is 2.